The largest absolute Gasteiger partial charge is 0.491 e. The van der Waals surface area contributed by atoms with Gasteiger partial charge in [0.2, 0.25) is 0 Å². The molecule has 0 saturated carbocycles. The Labute approximate surface area is 107 Å². The summed E-state index contributed by atoms with van der Waals surface area (Å²) in [5.41, 5.74) is -0.440. The van der Waals surface area contributed by atoms with Crippen molar-refractivity contribution >= 4 is 6.09 Å². The van der Waals surface area contributed by atoms with Gasteiger partial charge in [0.15, 0.2) is 0 Å². The van der Waals surface area contributed by atoms with Crippen molar-refractivity contribution in [3.63, 3.8) is 0 Å². The standard InChI is InChI=1S/C14H19NO3/c1-14(2,3)18-13(16)15-9-11(15)10-17-12-7-5-4-6-8-12/h4-8,11H,9-10H2,1-3H3/t11-,15?/m0/s1. The molecule has 1 aromatic carbocycles. The third-order valence-electron chi connectivity index (χ3n) is 2.53. The van der Waals surface area contributed by atoms with E-state index in [9.17, 15) is 4.79 Å². The van der Waals surface area contributed by atoms with Crippen LogP contribution in [0.3, 0.4) is 0 Å². The molecule has 1 heterocycles. The summed E-state index contributed by atoms with van der Waals surface area (Å²) in [6.45, 7) is 6.82. The smallest absolute Gasteiger partial charge is 0.410 e. The molecule has 1 aliphatic heterocycles. The molecule has 0 N–H and O–H groups in total. The van der Waals surface area contributed by atoms with Crippen LogP contribution in [0.1, 0.15) is 20.8 Å². The van der Waals surface area contributed by atoms with E-state index < -0.39 is 5.60 Å². The molecule has 0 aromatic heterocycles. The zero-order chi connectivity index (χ0) is 13.2. The Balaban J connectivity index is 1.74. The highest BCUT2D eigenvalue weighted by Crippen LogP contribution is 2.22. The van der Waals surface area contributed by atoms with Gasteiger partial charge >= 0.3 is 6.09 Å². The van der Waals surface area contributed by atoms with Gasteiger partial charge < -0.3 is 9.47 Å². The Hall–Kier alpha value is -1.71. The van der Waals surface area contributed by atoms with Gasteiger partial charge in [-0.25, -0.2) is 4.79 Å². The molecule has 2 rings (SSSR count). The van der Waals surface area contributed by atoms with E-state index in [-0.39, 0.29) is 12.1 Å². The number of carbonyl (C=O) groups is 1. The molecule has 0 bridgehead atoms. The maximum Gasteiger partial charge on any atom is 0.410 e. The average Bonchev–Trinajstić information content (AvgIpc) is 3.05. The molecular weight excluding hydrogens is 230 g/mol. The van der Waals surface area contributed by atoms with Gasteiger partial charge in [0.1, 0.15) is 18.0 Å². The van der Waals surface area contributed by atoms with E-state index in [1.54, 1.807) is 4.90 Å². The fourth-order valence-corrected chi connectivity index (χ4v) is 1.58. The Kier molecular flexibility index (Phi) is 3.45. The molecule has 1 fully saturated rings. The van der Waals surface area contributed by atoms with Crippen molar-refractivity contribution in [2.24, 2.45) is 0 Å². The highest BCUT2D eigenvalue weighted by atomic mass is 16.6. The highest BCUT2D eigenvalue weighted by molar-refractivity contribution is 5.71. The number of benzene rings is 1. The first-order valence-corrected chi connectivity index (χ1v) is 6.13. The van der Waals surface area contributed by atoms with Gasteiger partial charge in [0, 0.05) is 6.54 Å². The van der Waals surface area contributed by atoms with E-state index >= 15 is 0 Å². The molecule has 1 amide bonds. The molecule has 0 radical (unpaired) electrons. The van der Waals surface area contributed by atoms with Crippen molar-refractivity contribution in [3.05, 3.63) is 30.3 Å². The van der Waals surface area contributed by atoms with Gasteiger partial charge in [-0.05, 0) is 32.9 Å². The van der Waals surface area contributed by atoms with Crippen LogP contribution in [0.2, 0.25) is 0 Å². The number of ether oxygens (including phenoxy) is 2. The molecule has 4 nitrogen and oxygen atoms in total. The fraction of sp³-hybridized carbons (Fsp3) is 0.500. The normalized spacial score (nSPS) is 18.4. The summed E-state index contributed by atoms with van der Waals surface area (Å²) in [6.07, 6.45) is -0.260. The van der Waals surface area contributed by atoms with Crippen molar-refractivity contribution in [2.45, 2.75) is 32.4 Å². The maximum atomic E-state index is 11.7. The van der Waals surface area contributed by atoms with Crippen LogP contribution in [0.15, 0.2) is 30.3 Å². The van der Waals surface area contributed by atoms with Gasteiger partial charge in [0.25, 0.3) is 0 Å². The summed E-state index contributed by atoms with van der Waals surface area (Å²) in [5.74, 6) is 0.827. The molecule has 0 aliphatic carbocycles. The maximum absolute atomic E-state index is 11.7. The van der Waals surface area contributed by atoms with Crippen LogP contribution in [0.4, 0.5) is 4.79 Å². The predicted molar refractivity (Wildman–Crippen MR) is 68.7 cm³/mol. The minimum Gasteiger partial charge on any atom is -0.491 e. The van der Waals surface area contributed by atoms with Gasteiger partial charge in [-0.3, -0.25) is 4.90 Å². The summed E-state index contributed by atoms with van der Waals surface area (Å²) in [7, 11) is 0. The van der Waals surface area contributed by atoms with Crippen LogP contribution >= 0.6 is 0 Å². The molecular formula is C14H19NO3. The van der Waals surface area contributed by atoms with Crippen molar-refractivity contribution in [1.29, 1.82) is 0 Å². The summed E-state index contributed by atoms with van der Waals surface area (Å²) in [6, 6.07) is 9.74. The van der Waals surface area contributed by atoms with Crippen LogP contribution in [0, 0.1) is 0 Å². The van der Waals surface area contributed by atoms with Gasteiger partial charge in [-0.15, -0.1) is 0 Å². The number of para-hydroxylation sites is 1. The van der Waals surface area contributed by atoms with Gasteiger partial charge in [-0.1, -0.05) is 18.2 Å². The molecule has 0 spiro atoms. The Morgan fingerprint density at radius 1 is 1.33 bits per heavy atom. The molecule has 1 atom stereocenters. The molecule has 0 unspecified atom stereocenters. The average molecular weight is 249 g/mol. The van der Waals surface area contributed by atoms with E-state index in [1.807, 2.05) is 51.1 Å². The lowest BCUT2D eigenvalue weighted by Gasteiger charge is -2.19. The van der Waals surface area contributed by atoms with Gasteiger partial charge in [-0.2, -0.15) is 0 Å². The quantitative estimate of drug-likeness (QED) is 0.773. The van der Waals surface area contributed by atoms with Crippen LogP contribution < -0.4 is 4.74 Å². The van der Waals surface area contributed by atoms with Gasteiger partial charge in [0.05, 0.1) is 6.04 Å². The third kappa shape index (κ3) is 3.65. The third-order valence-corrected chi connectivity index (χ3v) is 2.53. The minimum atomic E-state index is -0.440. The summed E-state index contributed by atoms with van der Waals surface area (Å²) >= 11 is 0. The number of nitrogens with zero attached hydrogens (tertiary/aromatic N) is 1. The first-order valence-electron chi connectivity index (χ1n) is 6.13. The van der Waals surface area contributed by atoms with E-state index in [4.69, 9.17) is 9.47 Å². The zero-order valence-corrected chi connectivity index (χ0v) is 11.1. The van der Waals surface area contributed by atoms with Crippen LogP contribution in [-0.4, -0.2) is 35.8 Å². The molecule has 4 heteroatoms. The second kappa shape index (κ2) is 4.88. The Bertz CT molecular complexity index is 411. The second-order valence-corrected chi connectivity index (χ2v) is 5.41. The lowest BCUT2D eigenvalue weighted by Crippen LogP contribution is -2.28. The van der Waals surface area contributed by atoms with Crippen LogP contribution in [0.5, 0.6) is 5.75 Å². The van der Waals surface area contributed by atoms with E-state index in [0.29, 0.717) is 13.2 Å². The first kappa shape index (κ1) is 12.7. The monoisotopic (exact) mass is 249 g/mol. The van der Waals surface area contributed by atoms with Crippen molar-refractivity contribution < 1.29 is 14.3 Å². The number of rotatable bonds is 3. The number of hydrogen-bond donors (Lipinski definition) is 0. The van der Waals surface area contributed by atoms with E-state index in [2.05, 4.69) is 0 Å². The summed E-state index contributed by atoms with van der Waals surface area (Å²) < 4.78 is 10.9. The highest BCUT2D eigenvalue weighted by Gasteiger charge is 2.41. The number of hydrogen-bond acceptors (Lipinski definition) is 3. The minimum absolute atomic E-state index is 0.139. The Morgan fingerprint density at radius 3 is 2.61 bits per heavy atom. The van der Waals surface area contributed by atoms with Crippen LogP contribution in [0.25, 0.3) is 0 Å². The summed E-state index contributed by atoms with van der Waals surface area (Å²) in [5, 5.41) is 0. The zero-order valence-electron chi connectivity index (χ0n) is 11.1. The van der Waals surface area contributed by atoms with Crippen molar-refractivity contribution in [1.82, 2.24) is 4.90 Å². The SMILES string of the molecule is CC(C)(C)OC(=O)N1C[C@H]1COc1ccccc1. The molecule has 98 valence electrons. The van der Waals surface area contributed by atoms with E-state index in [0.717, 1.165) is 5.75 Å². The molecule has 18 heavy (non-hydrogen) atoms. The Morgan fingerprint density at radius 2 is 2.00 bits per heavy atom. The second-order valence-electron chi connectivity index (χ2n) is 5.41. The molecule has 1 aliphatic rings. The number of carbonyl (C=O) groups excluding carboxylic acids is 1. The van der Waals surface area contributed by atoms with Crippen molar-refractivity contribution in [3.8, 4) is 5.75 Å². The first-order chi connectivity index (χ1) is 8.46. The topological polar surface area (TPSA) is 38.5 Å². The molecule has 1 aromatic rings. The van der Waals surface area contributed by atoms with E-state index in [1.165, 1.54) is 0 Å². The number of amides is 1. The lowest BCUT2D eigenvalue weighted by atomic mass is 10.2. The van der Waals surface area contributed by atoms with Crippen molar-refractivity contribution in [2.75, 3.05) is 13.2 Å². The lowest BCUT2D eigenvalue weighted by molar-refractivity contribution is 0.0398. The predicted octanol–water partition coefficient (Wildman–Crippen LogP) is 2.68. The summed E-state index contributed by atoms with van der Waals surface area (Å²) in [4.78, 5) is 13.4. The van der Waals surface area contributed by atoms with Crippen LogP contribution in [-0.2, 0) is 4.74 Å². The fourth-order valence-electron chi connectivity index (χ4n) is 1.58. The molecule has 1 saturated heterocycles.